The van der Waals surface area contributed by atoms with Crippen LogP contribution in [0.25, 0.3) is 22.1 Å². The summed E-state index contributed by atoms with van der Waals surface area (Å²) in [6.07, 6.45) is 0. The molecule has 0 saturated carbocycles. The van der Waals surface area contributed by atoms with Crippen LogP contribution in [-0.2, 0) is 21.6 Å². The number of nitrogens with zero attached hydrogens (tertiary/aromatic N) is 2. The summed E-state index contributed by atoms with van der Waals surface area (Å²) in [5.41, 5.74) is 4.07. The van der Waals surface area contributed by atoms with Gasteiger partial charge >= 0.3 is 10.4 Å². The molecule has 3 aromatic rings. The number of aryl methyl sites for hydroxylation is 1. The molecule has 0 amide bonds. The molecule has 3 rings (SSSR count). The molecule has 7 nitrogen and oxygen atoms in total. The zero-order valence-electron chi connectivity index (χ0n) is 12.9. The Kier molecular flexibility index (Phi) is 5.09. The van der Waals surface area contributed by atoms with E-state index in [0.29, 0.717) is 0 Å². The molecule has 0 spiro atoms. The van der Waals surface area contributed by atoms with Gasteiger partial charge in [-0.15, -0.1) is 0 Å². The van der Waals surface area contributed by atoms with Gasteiger partial charge in [-0.3, -0.25) is 8.74 Å². The standard InChI is InChI=1S/C14H13N2O.CH4O4S/c1-16-11-7-4-3-6-10(11)15-14-12(16)8-5-9-13(14)17-2;1-5-6(2,3)4/h3-9H,1-2H3;1H3,(H,2,3,4)/q+1;. The van der Waals surface area contributed by atoms with Gasteiger partial charge < -0.3 is 4.74 Å². The van der Waals surface area contributed by atoms with Crippen LogP contribution in [0.15, 0.2) is 42.5 Å². The number of hydrogen-bond donors (Lipinski definition) is 1. The first-order chi connectivity index (χ1) is 10.9. The zero-order chi connectivity index (χ0) is 17.0. The van der Waals surface area contributed by atoms with Crippen LogP contribution in [0.2, 0.25) is 0 Å². The molecular weight excluding hydrogens is 320 g/mol. The van der Waals surface area contributed by atoms with Crippen LogP contribution in [0.4, 0.5) is 0 Å². The molecule has 0 bridgehead atoms. The third kappa shape index (κ3) is 3.92. The highest BCUT2D eigenvalue weighted by Gasteiger charge is 2.15. The largest absolute Gasteiger partial charge is 0.494 e. The molecule has 8 heteroatoms. The highest BCUT2D eigenvalue weighted by atomic mass is 32.3. The lowest BCUT2D eigenvalue weighted by Gasteiger charge is -2.04. The number of fused-ring (bicyclic) bond motifs is 2. The first kappa shape index (κ1) is 17.1. The average Bonchev–Trinajstić information content (AvgIpc) is 2.54. The minimum Gasteiger partial charge on any atom is -0.494 e. The Morgan fingerprint density at radius 1 is 1.04 bits per heavy atom. The zero-order valence-corrected chi connectivity index (χ0v) is 13.7. The monoisotopic (exact) mass is 337 g/mol. The summed E-state index contributed by atoms with van der Waals surface area (Å²) in [4.78, 5) is 4.66. The normalized spacial score (nSPS) is 11.1. The first-order valence-corrected chi connectivity index (χ1v) is 7.98. The Bertz CT molecular complexity index is 941. The fourth-order valence-electron chi connectivity index (χ4n) is 2.15. The van der Waals surface area contributed by atoms with E-state index in [1.54, 1.807) is 7.11 Å². The van der Waals surface area contributed by atoms with E-state index in [0.717, 1.165) is 34.9 Å². The molecule has 1 heterocycles. The van der Waals surface area contributed by atoms with Gasteiger partial charge in [0.1, 0.15) is 12.6 Å². The number of hydrogen-bond acceptors (Lipinski definition) is 5. The predicted octanol–water partition coefficient (Wildman–Crippen LogP) is 1.66. The summed E-state index contributed by atoms with van der Waals surface area (Å²) >= 11 is 0. The van der Waals surface area contributed by atoms with Crippen LogP contribution < -0.4 is 9.30 Å². The number of benzene rings is 2. The molecule has 1 aromatic heterocycles. The van der Waals surface area contributed by atoms with Gasteiger partial charge in [0.05, 0.1) is 14.2 Å². The van der Waals surface area contributed by atoms with Crippen molar-refractivity contribution in [2.24, 2.45) is 7.05 Å². The van der Waals surface area contributed by atoms with Crippen molar-refractivity contribution in [3.05, 3.63) is 42.5 Å². The molecule has 122 valence electrons. The maximum atomic E-state index is 9.33. The molecule has 1 N–H and O–H groups in total. The highest BCUT2D eigenvalue weighted by molar-refractivity contribution is 7.80. The van der Waals surface area contributed by atoms with E-state index < -0.39 is 10.4 Å². The van der Waals surface area contributed by atoms with Crippen molar-refractivity contribution < 1.29 is 26.5 Å². The summed E-state index contributed by atoms with van der Waals surface area (Å²) in [6.45, 7) is 0. The van der Waals surface area contributed by atoms with Crippen LogP contribution in [0, 0.1) is 0 Å². The van der Waals surface area contributed by atoms with Crippen LogP contribution in [0.1, 0.15) is 0 Å². The van der Waals surface area contributed by atoms with Crippen LogP contribution in [0.3, 0.4) is 0 Å². The second-order valence-electron chi connectivity index (χ2n) is 4.58. The van der Waals surface area contributed by atoms with Crippen molar-refractivity contribution in [1.82, 2.24) is 4.98 Å². The van der Waals surface area contributed by atoms with Crippen molar-refractivity contribution >= 4 is 32.5 Å². The van der Waals surface area contributed by atoms with Crippen molar-refractivity contribution in [2.75, 3.05) is 14.2 Å². The second-order valence-corrected chi connectivity index (χ2v) is 5.77. The van der Waals surface area contributed by atoms with E-state index in [2.05, 4.69) is 25.9 Å². The average molecular weight is 337 g/mol. The van der Waals surface area contributed by atoms with Gasteiger partial charge in [0.25, 0.3) is 0 Å². The van der Waals surface area contributed by atoms with Crippen LogP contribution in [0.5, 0.6) is 5.75 Å². The predicted molar refractivity (Wildman–Crippen MR) is 85.5 cm³/mol. The van der Waals surface area contributed by atoms with E-state index in [1.807, 2.05) is 37.4 Å². The minimum atomic E-state index is -4.16. The molecule has 0 fully saturated rings. The van der Waals surface area contributed by atoms with Gasteiger partial charge in [-0.25, -0.2) is 4.98 Å². The number of methoxy groups -OCH3 is 1. The summed E-state index contributed by atoms with van der Waals surface area (Å²) < 4.78 is 37.2. The van der Waals surface area contributed by atoms with Gasteiger partial charge in [0, 0.05) is 12.1 Å². The van der Waals surface area contributed by atoms with Gasteiger partial charge in [-0.1, -0.05) is 18.2 Å². The van der Waals surface area contributed by atoms with Gasteiger partial charge in [0.2, 0.25) is 11.0 Å². The molecule has 0 aliphatic carbocycles. The van der Waals surface area contributed by atoms with E-state index in [-0.39, 0.29) is 0 Å². The summed E-state index contributed by atoms with van der Waals surface area (Å²) in [6, 6.07) is 14.1. The molecule has 0 unspecified atom stereocenters. The summed E-state index contributed by atoms with van der Waals surface area (Å²) in [5, 5.41) is 0. The molecule has 0 aliphatic rings. The lowest BCUT2D eigenvalue weighted by molar-refractivity contribution is -0.617. The van der Waals surface area contributed by atoms with Gasteiger partial charge in [-0.2, -0.15) is 13.0 Å². The number of rotatable bonds is 2. The van der Waals surface area contributed by atoms with Crippen molar-refractivity contribution in [2.45, 2.75) is 0 Å². The number of para-hydroxylation sites is 3. The van der Waals surface area contributed by atoms with Gasteiger partial charge in [-0.05, 0) is 12.1 Å². The van der Waals surface area contributed by atoms with Crippen LogP contribution >= 0.6 is 0 Å². The Morgan fingerprint density at radius 2 is 1.65 bits per heavy atom. The van der Waals surface area contributed by atoms with Gasteiger partial charge in [0.15, 0.2) is 11.3 Å². The maximum absolute atomic E-state index is 9.33. The van der Waals surface area contributed by atoms with Crippen molar-refractivity contribution in [3.8, 4) is 5.75 Å². The molecule has 0 saturated heterocycles. The topological polar surface area (TPSA) is 89.6 Å². The minimum absolute atomic E-state index is 0.809. The van der Waals surface area contributed by atoms with E-state index in [1.165, 1.54) is 0 Å². The summed E-state index contributed by atoms with van der Waals surface area (Å²) in [5.74, 6) is 0.809. The van der Waals surface area contributed by atoms with E-state index >= 15 is 0 Å². The van der Waals surface area contributed by atoms with E-state index in [9.17, 15) is 8.42 Å². The fourth-order valence-corrected chi connectivity index (χ4v) is 2.15. The molecule has 2 aromatic carbocycles. The SMILES string of the molecule is COS(=O)(=O)O.COc1cccc2c1nc1ccccc1[n+]2C. The molecule has 0 radical (unpaired) electrons. The third-order valence-corrected chi connectivity index (χ3v) is 3.67. The summed E-state index contributed by atoms with van der Waals surface area (Å²) in [7, 11) is 0.428. The molecule has 23 heavy (non-hydrogen) atoms. The number of ether oxygens (including phenoxy) is 1. The molecule has 0 atom stereocenters. The second kappa shape index (κ2) is 6.86. The fraction of sp³-hybridized carbons (Fsp3) is 0.200. The third-order valence-electron chi connectivity index (χ3n) is 3.24. The van der Waals surface area contributed by atoms with Crippen molar-refractivity contribution in [3.63, 3.8) is 0 Å². The Morgan fingerprint density at radius 3 is 2.26 bits per heavy atom. The van der Waals surface area contributed by atoms with Crippen LogP contribution in [-0.4, -0.2) is 32.2 Å². The Labute approximate surface area is 134 Å². The Hall–Kier alpha value is -2.29. The quantitative estimate of drug-likeness (QED) is 0.434. The lowest BCUT2D eigenvalue weighted by atomic mass is 10.2. The maximum Gasteiger partial charge on any atom is 0.397 e. The van der Waals surface area contributed by atoms with Crippen molar-refractivity contribution in [1.29, 1.82) is 0 Å². The Balaban J connectivity index is 0.000000277. The smallest absolute Gasteiger partial charge is 0.397 e. The molecular formula is C15H17N2O5S+. The molecule has 0 aliphatic heterocycles. The van der Waals surface area contributed by atoms with E-state index in [4.69, 9.17) is 9.29 Å². The lowest BCUT2D eigenvalue weighted by Crippen LogP contribution is -2.30. The highest BCUT2D eigenvalue weighted by Crippen LogP contribution is 2.22. The first-order valence-electron chi connectivity index (χ1n) is 6.62. The number of aromatic nitrogens is 2.